The van der Waals surface area contributed by atoms with E-state index in [1.807, 2.05) is 4.90 Å². The molecular formula is C24H38N2O5S. The van der Waals surface area contributed by atoms with Gasteiger partial charge < -0.3 is 19.6 Å². The molecule has 3 saturated heterocycles. The van der Waals surface area contributed by atoms with Crippen molar-refractivity contribution in [1.29, 1.82) is 0 Å². The number of unbranched alkanes of at least 4 members (excludes halogenated alkanes) is 3. The summed E-state index contributed by atoms with van der Waals surface area (Å²) in [5, 5.41) is 9.28. The van der Waals surface area contributed by atoms with Crippen molar-refractivity contribution in [3.63, 3.8) is 0 Å². The van der Waals surface area contributed by atoms with Crippen LogP contribution in [0.15, 0.2) is 12.7 Å². The Bertz CT molecular complexity index is 717. The number of hydrogen-bond donors (Lipinski definition) is 1. The predicted octanol–water partition coefficient (Wildman–Crippen LogP) is 2.62. The zero-order chi connectivity index (χ0) is 23.3. The van der Waals surface area contributed by atoms with Crippen LogP contribution in [0.5, 0.6) is 0 Å². The molecule has 0 aromatic rings. The lowest BCUT2D eigenvalue weighted by Crippen LogP contribution is -2.55. The van der Waals surface area contributed by atoms with Gasteiger partial charge >= 0.3 is 5.97 Å². The molecular weight excluding hydrogens is 428 g/mol. The van der Waals surface area contributed by atoms with Gasteiger partial charge in [-0.2, -0.15) is 0 Å². The molecule has 180 valence electrons. The number of aliphatic hydroxyl groups excluding tert-OH is 1. The Morgan fingerprint density at radius 3 is 2.75 bits per heavy atom. The van der Waals surface area contributed by atoms with Crippen LogP contribution < -0.4 is 0 Å². The van der Waals surface area contributed by atoms with Gasteiger partial charge in [0.2, 0.25) is 11.8 Å². The lowest BCUT2D eigenvalue weighted by atomic mass is 9.71. The summed E-state index contributed by atoms with van der Waals surface area (Å²) in [6, 6.07) is -0.574. The number of aliphatic hydroxyl groups is 1. The van der Waals surface area contributed by atoms with E-state index in [0.717, 1.165) is 32.1 Å². The van der Waals surface area contributed by atoms with Crippen LogP contribution in [0, 0.1) is 11.8 Å². The van der Waals surface area contributed by atoms with Gasteiger partial charge in [0, 0.05) is 31.5 Å². The number of nitrogens with zero attached hydrogens (tertiary/aromatic N) is 2. The average Bonchev–Trinajstić information content (AvgIpc) is 3.41. The van der Waals surface area contributed by atoms with Gasteiger partial charge in [0.05, 0.1) is 23.2 Å². The van der Waals surface area contributed by atoms with Crippen LogP contribution in [0.25, 0.3) is 0 Å². The smallest absolute Gasteiger partial charge is 0.310 e. The van der Waals surface area contributed by atoms with Gasteiger partial charge in [-0.25, -0.2) is 0 Å². The first-order valence-electron chi connectivity index (χ1n) is 12.1. The van der Waals surface area contributed by atoms with Crippen LogP contribution in [-0.2, 0) is 19.1 Å². The molecule has 5 atom stereocenters. The highest BCUT2D eigenvalue weighted by atomic mass is 32.2. The minimum absolute atomic E-state index is 0.0292. The maximum Gasteiger partial charge on any atom is 0.310 e. The molecule has 3 fully saturated rings. The molecule has 1 spiro atoms. The van der Waals surface area contributed by atoms with Gasteiger partial charge in [-0.15, -0.1) is 18.3 Å². The fraction of sp³-hybridized carbons (Fsp3) is 0.792. The molecule has 0 aromatic carbocycles. The van der Waals surface area contributed by atoms with Gasteiger partial charge in [0.1, 0.15) is 6.04 Å². The van der Waals surface area contributed by atoms with Gasteiger partial charge in [-0.3, -0.25) is 14.4 Å². The fourth-order valence-corrected chi connectivity index (χ4v) is 7.95. The minimum atomic E-state index is -0.574. The number of carbonyl (C=O) groups is 3. The molecule has 32 heavy (non-hydrogen) atoms. The third-order valence-corrected chi connectivity index (χ3v) is 9.04. The van der Waals surface area contributed by atoms with E-state index in [2.05, 4.69) is 13.5 Å². The highest BCUT2D eigenvalue weighted by Crippen LogP contribution is 2.66. The van der Waals surface area contributed by atoms with E-state index in [4.69, 9.17) is 4.74 Å². The Labute approximate surface area is 195 Å². The van der Waals surface area contributed by atoms with E-state index in [1.165, 1.54) is 0 Å². The molecule has 3 aliphatic heterocycles. The first-order chi connectivity index (χ1) is 15.5. The number of hydrogen-bond acceptors (Lipinski definition) is 6. The van der Waals surface area contributed by atoms with Crippen LogP contribution in [0.2, 0.25) is 0 Å². The van der Waals surface area contributed by atoms with Gasteiger partial charge in [0.15, 0.2) is 0 Å². The number of likely N-dealkylation sites (tertiary alicyclic amines) is 1. The first-order valence-corrected chi connectivity index (χ1v) is 13.0. The number of rotatable bonds is 13. The summed E-state index contributed by atoms with van der Waals surface area (Å²) in [7, 11) is 0. The Morgan fingerprint density at radius 1 is 1.31 bits per heavy atom. The van der Waals surface area contributed by atoms with Crippen molar-refractivity contribution < 1.29 is 24.2 Å². The van der Waals surface area contributed by atoms with Gasteiger partial charge in [0.25, 0.3) is 0 Å². The summed E-state index contributed by atoms with van der Waals surface area (Å²) < 4.78 is 4.78. The predicted molar refractivity (Wildman–Crippen MR) is 125 cm³/mol. The maximum absolute atomic E-state index is 14.0. The van der Waals surface area contributed by atoms with Crippen molar-refractivity contribution in [2.75, 3.05) is 32.8 Å². The van der Waals surface area contributed by atoms with Crippen LogP contribution in [0.3, 0.4) is 0 Å². The maximum atomic E-state index is 14.0. The molecule has 0 radical (unpaired) electrons. The van der Waals surface area contributed by atoms with Gasteiger partial charge in [-0.05, 0) is 39.0 Å². The van der Waals surface area contributed by atoms with Crippen molar-refractivity contribution in [1.82, 2.24) is 9.80 Å². The summed E-state index contributed by atoms with van der Waals surface area (Å²) in [6.45, 7) is 9.60. The Kier molecular flexibility index (Phi) is 8.67. The normalized spacial score (nSPS) is 30.5. The van der Waals surface area contributed by atoms with Crippen LogP contribution in [-0.4, -0.2) is 81.6 Å². The second-order valence-electron chi connectivity index (χ2n) is 9.05. The molecule has 1 N–H and O–H groups in total. The van der Waals surface area contributed by atoms with Crippen LogP contribution >= 0.6 is 11.8 Å². The minimum Gasteiger partial charge on any atom is -0.466 e. The number of amides is 2. The molecule has 0 saturated carbocycles. The number of thioether (sulfide) groups is 1. The molecule has 7 nitrogen and oxygen atoms in total. The molecule has 3 aliphatic rings. The second kappa shape index (κ2) is 11.1. The first kappa shape index (κ1) is 25.1. The lowest BCUT2D eigenvalue weighted by Gasteiger charge is -2.37. The van der Waals surface area contributed by atoms with Crippen molar-refractivity contribution >= 4 is 29.5 Å². The molecule has 3 rings (SSSR count). The molecule has 2 amide bonds. The van der Waals surface area contributed by atoms with E-state index < -0.39 is 22.6 Å². The molecule has 0 aromatic heterocycles. The quantitative estimate of drug-likeness (QED) is 0.255. The summed E-state index contributed by atoms with van der Waals surface area (Å²) in [4.78, 5) is 44.0. The molecule has 3 heterocycles. The summed E-state index contributed by atoms with van der Waals surface area (Å²) in [6.07, 6.45) is 7.56. The second-order valence-corrected chi connectivity index (χ2v) is 10.7. The largest absolute Gasteiger partial charge is 0.466 e. The van der Waals surface area contributed by atoms with Crippen LogP contribution in [0.1, 0.15) is 58.8 Å². The Balaban J connectivity index is 1.93. The highest BCUT2D eigenvalue weighted by Gasteiger charge is 2.74. The fourth-order valence-electron chi connectivity index (χ4n) is 5.75. The van der Waals surface area contributed by atoms with Crippen molar-refractivity contribution in [3.8, 4) is 0 Å². The number of carbonyl (C=O) groups excluding carboxylic acids is 3. The number of esters is 1. The summed E-state index contributed by atoms with van der Waals surface area (Å²) in [5.74, 6) is -1.42. The third kappa shape index (κ3) is 4.45. The van der Waals surface area contributed by atoms with Gasteiger partial charge in [-0.1, -0.05) is 25.8 Å². The van der Waals surface area contributed by atoms with E-state index in [1.54, 1.807) is 29.7 Å². The SMILES string of the molecule is C=CCN(CCCCC)C(=O)C1N(CCCCO)C(=O)[C@@H]2[C@@H](C(=O)OCC)[C@H]3CCC12S3. The monoisotopic (exact) mass is 466 g/mol. The van der Waals surface area contributed by atoms with Crippen molar-refractivity contribution in [3.05, 3.63) is 12.7 Å². The molecule has 8 heteroatoms. The molecule has 2 unspecified atom stereocenters. The highest BCUT2D eigenvalue weighted by molar-refractivity contribution is 8.02. The molecule has 2 bridgehead atoms. The van der Waals surface area contributed by atoms with E-state index in [0.29, 0.717) is 32.5 Å². The standard InChI is InChI=1S/C24H38N2O5S/c1-4-7-8-14-25(13-5-2)22(29)20-24-12-11-17(32-24)18(23(30)31-6-3)19(24)21(28)26(20)15-9-10-16-27/h5,17-20,27H,2,4,6-16H2,1,3H3/t17-,18+,19+,20?,24?/m1/s1. The van der Waals surface area contributed by atoms with E-state index in [-0.39, 0.29) is 36.2 Å². The van der Waals surface area contributed by atoms with Crippen molar-refractivity contribution in [2.24, 2.45) is 11.8 Å². The Morgan fingerprint density at radius 2 is 2.09 bits per heavy atom. The Hall–Kier alpha value is -1.54. The van der Waals surface area contributed by atoms with E-state index in [9.17, 15) is 19.5 Å². The zero-order valence-electron chi connectivity index (χ0n) is 19.5. The molecule has 0 aliphatic carbocycles. The number of ether oxygens (including phenoxy) is 1. The van der Waals surface area contributed by atoms with Crippen LogP contribution in [0.4, 0.5) is 0 Å². The number of fused-ring (bicyclic) bond motifs is 1. The topological polar surface area (TPSA) is 87.2 Å². The third-order valence-electron chi connectivity index (χ3n) is 7.09. The summed E-state index contributed by atoms with van der Waals surface area (Å²) in [5.41, 5.74) is 0. The zero-order valence-corrected chi connectivity index (χ0v) is 20.3. The average molecular weight is 467 g/mol. The van der Waals surface area contributed by atoms with E-state index >= 15 is 0 Å². The summed E-state index contributed by atoms with van der Waals surface area (Å²) >= 11 is 1.67. The lowest BCUT2D eigenvalue weighted by molar-refractivity contribution is -0.153. The van der Waals surface area contributed by atoms with Crippen molar-refractivity contribution in [2.45, 2.75) is 74.8 Å².